The van der Waals surface area contributed by atoms with E-state index in [4.69, 9.17) is 0 Å². The molecule has 7 nitrogen and oxygen atoms in total. The van der Waals surface area contributed by atoms with Crippen LogP contribution in [0.25, 0.3) is 22.2 Å². The largest absolute Gasteiger partial charge is 0.406 e. The molecule has 0 radical (unpaired) electrons. The number of likely N-dealkylation sites (N-methyl/N-ethyl adjacent to an activating group) is 1. The van der Waals surface area contributed by atoms with Gasteiger partial charge in [-0.3, -0.25) is 9.36 Å². The van der Waals surface area contributed by atoms with Crippen LogP contribution in [-0.2, 0) is 6.54 Å². The summed E-state index contributed by atoms with van der Waals surface area (Å²) >= 11 is 0. The summed E-state index contributed by atoms with van der Waals surface area (Å²) < 4.78 is 41.6. The van der Waals surface area contributed by atoms with Gasteiger partial charge in [-0.2, -0.15) is 28.6 Å². The third kappa shape index (κ3) is 6.52. The van der Waals surface area contributed by atoms with Gasteiger partial charge in [-0.05, 0) is 87.3 Å². The van der Waals surface area contributed by atoms with Gasteiger partial charge in [0.25, 0.3) is 5.56 Å². The lowest BCUT2D eigenvalue weighted by Crippen LogP contribution is -2.39. The Morgan fingerprint density at radius 3 is 2.43 bits per heavy atom. The number of anilines is 3. The number of nitrogens with zero attached hydrogens (tertiary/aromatic N) is 4. The molecule has 2 aromatic carbocycles. The van der Waals surface area contributed by atoms with Gasteiger partial charge in [0.05, 0.1) is 0 Å². The second kappa shape index (κ2) is 11.5. The molecule has 2 unspecified atom stereocenters. The summed E-state index contributed by atoms with van der Waals surface area (Å²) in [4.78, 5) is 25.5. The van der Waals surface area contributed by atoms with E-state index in [2.05, 4.69) is 38.4 Å². The standard InChI is InChI=1S/C31H33F3N6OS/c1-39-15-3-4-24(18-39)36-22-7-9-23(10-8-22)37-30-35-17-21-16-27(29(41)40(28(21)38-30)19-31(32,33)34)20-5-11-25(12-6-20)42(2)26-13-14-26/h5-12,16-17,24,26,36H,2-4,13-15,18-19H2,1H3,(H,35,37,38). The first-order valence-corrected chi connectivity index (χ1v) is 15.5. The number of benzene rings is 2. The molecule has 2 aromatic heterocycles. The number of fused-ring (bicyclic) bond motifs is 1. The van der Waals surface area contributed by atoms with Crippen LogP contribution < -0.4 is 16.2 Å². The SMILES string of the molecule is C=S(c1ccc(-c2cc3cnc(Nc4ccc(NC5CCCN(C)C5)cc4)nc3n(CC(F)(F)F)c2=O)cc1)C1CC1. The molecule has 6 rings (SSSR count). The Morgan fingerprint density at radius 1 is 1.05 bits per heavy atom. The number of likely N-dealkylation sites (tertiary alicyclic amines) is 1. The van der Waals surface area contributed by atoms with Crippen molar-refractivity contribution in [1.82, 2.24) is 19.4 Å². The zero-order valence-electron chi connectivity index (χ0n) is 23.3. The average Bonchev–Trinajstić information content (AvgIpc) is 3.81. The molecule has 2 N–H and O–H groups in total. The van der Waals surface area contributed by atoms with Crippen molar-refractivity contribution in [2.45, 2.75) is 54.6 Å². The monoisotopic (exact) mass is 594 g/mol. The van der Waals surface area contributed by atoms with E-state index in [-0.39, 0.29) is 27.6 Å². The molecule has 11 heteroatoms. The van der Waals surface area contributed by atoms with Crippen LogP contribution in [0, 0.1) is 0 Å². The Bertz CT molecular complexity index is 1670. The molecular formula is C31H33F3N6OS. The molecule has 1 aliphatic carbocycles. The van der Waals surface area contributed by atoms with Gasteiger partial charge in [-0.1, -0.05) is 18.0 Å². The summed E-state index contributed by atoms with van der Waals surface area (Å²) in [6.45, 7) is 0.635. The number of nitrogens with one attached hydrogen (secondary N) is 2. The van der Waals surface area contributed by atoms with E-state index < -0.39 is 18.3 Å². The smallest absolute Gasteiger partial charge is 0.381 e. The number of piperidine rings is 1. The number of aromatic nitrogens is 3. The fourth-order valence-corrected chi connectivity index (χ4v) is 6.98. The Labute approximate surface area is 244 Å². The van der Waals surface area contributed by atoms with E-state index in [1.54, 1.807) is 18.2 Å². The average molecular weight is 595 g/mol. The lowest BCUT2D eigenvalue weighted by molar-refractivity contribution is -0.140. The van der Waals surface area contributed by atoms with Crippen LogP contribution in [0.5, 0.6) is 0 Å². The molecule has 4 aromatic rings. The maximum absolute atomic E-state index is 13.6. The number of hydrogen-bond donors (Lipinski definition) is 2. The fourth-order valence-electron chi connectivity index (χ4n) is 5.41. The maximum Gasteiger partial charge on any atom is 0.406 e. The fraction of sp³-hybridized carbons (Fsp3) is 0.355. The van der Waals surface area contributed by atoms with Crippen molar-refractivity contribution in [3.05, 3.63) is 71.1 Å². The molecule has 0 spiro atoms. The van der Waals surface area contributed by atoms with Gasteiger partial charge in [-0.15, -0.1) is 0 Å². The zero-order chi connectivity index (χ0) is 29.4. The topological polar surface area (TPSA) is 75.1 Å². The highest BCUT2D eigenvalue weighted by molar-refractivity contribution is 8.14. The molecule has 3 heterocycles. The summed E-state index contributed by atoms with van der Waals surface area (Å²) in [5, 5.41) is 7.55. The highest BCUT2D eigenvalue weighted by Crippen LogP contribution is 2.44. The van der Waals surface area contributed by atoms with E-state index in [0.717, 1.165) is 36.5 Å². The van der Waals surface area contributed by atoms with Gasteiger partial charge < -0.3 is 15.5 Å². The van der Waals surface area contributed by atoms with Gasteiger partial charge >= 0.3 is 6.18 Å². The molecule has 0 amide bonds. The lowest BCUT2D eigenvalue weighted by atomic mass is 10.1. The van der Waals surface area contributed by atoms with Crippen molar-refractivity contribution >= 4 is 44.7 Å². The van der Waals surface area contributed by atoms with Crippen LogP contribution in [0.1, 0.15) is 25.7 Å². The number of halogens is 3. The van der Waals surface area contributed by atoms with Gasteiger partial charge in [0.15, 0.2) is 0 Å². The van der Waals surface area contributed by atoms with Crippen molar-refractivity contribution in [3.8, 4) is 11.1 Å². The molecule has 42 heavy (non-hydrogen) atoms. The van der Waals surface area contributed by atoms with Gasteiger partial charge in [0.2, 0.25) is 5.95 Å². The Balaban J connectivity index is 1.27. The van der Waals surface area contributed by atoms with Crippen molar-refractivity contribution in [2.24, 2.45) is 0 Å². The summed E-state index contributed by atoms with van der Waals surface area (Å²) in [6.07, 6.45) is 1.43. The van der Waals surface area contributed by atoms with Crippen LogP contribution in [0.15, 0.2) is 70.5 Å². The van der Waals surface area contributed by atoms with Crippen LogP contribution >= 0.6 is 10.5 Å². The quantitative estimate of drug-likeness (QED) is 0.227. The number of hydrogen-bond acceptors (Lipinski definition) is 6. The first-order valence-electron chi connectivity index (χ1n) is 14.1. The van der Waals surface area contributed by atoms with E-state index >= 15 is 0 Å². The van der Waals surface area contributed by atoms with Crippen molar-refractivity contribution < 1.29 is 13.2 Å². The predicted octanol–water partition coefficient (Wildman–Crippen LogP) is 6.49. The molecule has 0 bridgehead atoms. The van der Waals surface area contributed by atoms with Gasteiger partial charge in [0, 0.05) is 51.3 Å². The summed E-state index contributed by atoms with van der Waals surface area (Å²) in [6, 6.07) is 16.9. The normalized spacial score (nSPS) is 18.6. The number of rotatable bonds is 8. The molecule has 1 saturated carbocycles. The number of alkyl halides is 3. The Hall–Kier alpha value is -3.70. The van der Waals surface area contributed by atoms with Crippen molar-refractivity contribution in [3.63, 3.8) is 0 Å². The summed E-state index contributed by atoms with van der Waals surface area (Å²) in [7, 11) is 1.99. The first-order chi connectivity index (χ1) is 20.1. The maximum atomic E-state index is 13.6. The van der Waals surface area contributed by atoms with Crippen molar-refractivity contribution in [1.29, 1.82) is 0 Å². The molecule has 2 aliphatic rings. The summed E-state index contributed by atoms with van der Waals surface area (Å²) in [5.74, 6) is 4.37. The van der Waals surface area contributed by atoms with Gasteiger partial charge in [0.1, 0.15) is 12.2 Å². The Kier molecular flexibility index (Phi) is 7.80. The Morgan fingerprint density at radius 2 is 1.76 bits per heavy atom. The first kappa shape index (κ1) is 28.4. The van der Waals surface area contributed by atoms with Gasteiger partial charge in [-0.25, -0.2) is 4.98 Å². The second-order valence-corrected chi connectivity index (χ2v) is 13.1. The molecule has 1 saturated heterocycles. The molecule has 2 fully saturated rings. The lowest BCUT2D eigenvalue weighted by Gasteiger charge is -2.30. The van der Waals surface area contributed by atoms with Crippen LogP contribution in [0.2, 0.25) is 0 Å². The zero-order valence-corrected chi connectivity index (χ0v) is 24.1. The highest BCUT2D eigenvalue weighted by atomic mass is 32.2. The van der Waals surface area contributed by atoms with E-state index in [0.29, 0.717) is 32.5 Å². The minimum absolute atomic E-state index is 0.0806. The molecule has 220 valence electrons. The second-order valence-electron chi connectivity index (χ2n) is 11.1. The van der Waals surface area contributed by atoms with Crippen LogP contribution in [-0.4, -0.2) is 62.9 Å². The van der Waals surface area contributed by atoms with Crippen LogP contribution in [0.4, 0.5) is 30.5 Å². The van der Waals surface area contributed by atoms with Crippen LogP contribution in [0.3, 0.4) is 0 Å². The van der Waals surface area contributed by atoms with E-state index in [9.17, 15) is 18.0 Å². The predicted molar refractivity (Wildman–Crippen MR) is 165 cm³/mol. The molecule has 2 atom stereocenters. The van der Waals surface area contributed by atoms with E-state index in [1.165, 1.54) is 19.0 Å². The highest BCUT2D eigenvalue weighted by Gasteiger charge is 2.30. The third-order valence-corrected chi connectivity index (χ3v) is 9.85. The van der Waals surface area contributed by atoms with E-state index in [1.807, 2.05) is 36.4 Å². The minimum Gasteiger partial charge on any atom is -0.381 e. The molecule has 1 aliphatic heterocycles. The van der Waals surface area contributed by atoms with Crippen molar-refractivity contribution in [2.75, 3.05) is 30.8 Å². The molecular weight excluding hydrogens is 561 g/mol. The number of pyridine rings is 1. The summed E-state index contributed by atoms with van der Waals surface area (Å²) in [5.41, 5.74) is 1.55. The minimum atomic E-state index is -4.61. The third-order valence-electron chi connectivity index (χ3n) is 7.70.